The molecule has 0 aliphatic heterocycles. The third kappa shape index (κ3) is 3.22. The number of ether oxygens (including phenoxy) is 1. The number of rotatable bonds is 5. The van der Waals surface area contributed by atoms with Crippen LogP contribution < -0.4 is 11.3 Å². The zero-order chi connectivity index (χ0) is 13.9. The Bertz CT molecular complexity index is 408. The van der Waals surface area contributed by atoms with Crippen LogP contribution in [0.3, 0.4) is 0 Å². The molecule has 0 radical (unpaired) electrons. The van der Waals surface area contributed by atoms with E-state index >= 15 is 0 Å². The lowest BCUT2D eigenvalue weighted by atomic mass is 9.74. The van der Waals surface area contributed by atoms with Gasteiger partial charge in [-0.3, -0.25) is 5.84 Å². The summed E-state index contributed by atoms with van der Waals surface area (Å²) < 4.78 is 7.34. The van der Waals surface area contributed by atoms with Gasteiger partial charge in [-0.25, -0.2) is 5.43 Å². The van der Waals surface area contributed by atoms with Gasteiger partial charge in [-0.05, 0) is 53.1 Å². The van der Waals surface area contributed by atoms with E-state index in [4.69, 9.17) is 10.6 Å². The van der Waals surface area contributed by atoms with Crippen molar-refractivity contribution < 1.29 is 4.74 Å². The molecule has 1 aromatic rings. The van der Waals surface area contributed by atoms with E-state index in [1.807, 2.05) is 0 Å². The second-order valence-corrected chi connectivity index (χ2v) is 7.23. The van der Waals surface area contributed by atoms with Crippen LogP contribution >= 0.6 is 27.3 Å². The molecule has 3 unspecified atom stereocenters. The van der Waals surface area contributed by atoms with Crippen LogP contribution in [0.15, 0.2) is 15.9 Å². The van der Waals surface area contributed by atoms with Crippen LogP contribution in [0.4, 0.5) is 0 Å². The Morgan fingerprint density at radius 3 is 3.00 bits per heavy atom. The van der Waals surface area contributed by atoms with Crippen molar-refractivity contribution in [2.45, 2.75) is 51.2 Å². The van der Waals surface area contributed by atoms with E-state index in [0.29, 0.717) is 5.92 Å². The average molecular weight is 347 g/mol. The van der Waals surface area contributed by atoms with E-state index in [1.54, 1.807) is 11.3 Å². The zero-order valence-corrected chi connectivity index (χ0v) is 14.0. The van der Waals surface area contributed by atoms with E-state index in [1.165, 1.54) is 17.7 Å². The summed E-state index contributed by atoms with van der Waals surface area (Å²) >= 11 is 5.36. The number of thiophene rings is 1. The molecule has 1 heterocycles. The highest BCUT2D eigenvalue weighted by molar-refractivity contribution is 9.10. The van der Waals surface area contributed by atoms with Gasteiger partial charge >= 0.3 is 0 Å². The minimum absolute atomic E-state index is 0.0598. The van der Waals surface area contributed by atoms with E-state index in [0.717, 1.165) is 23.9 Å². The first-order chi connectivity index (χ1) is 9.13. The van der Waals surface area contributed by atoms with Gasteiger partial charge in [-0.1, -0.05) is 19.8 Å². The number of halogens is 1. The largest absolute Gasteiger partial charge is 0.373 e. The molecule has 0 bridgehead atoms. The molecule has 19 heavy (non-hydrogen) atoms. The summed E-state index contributed by atoms with van der Waals surface area (Å²) in [7, 11) is 0. The first-order valence-corrected chi connectivity index (χ1v) is 8.63. The highest BCUT2D eigenvalue weighted by Crippen LogP contribution is 2.46. The Balaban J connectivity index is 2.32. The molecule has 5 heteroatoms. The van der Waals surface area contributed by atoms with E-state index < -0.39 is 0 Å². The predicted molar refractivity (Wildman–Crippen MR) is 84.1 cm³/mol. The van der Waals surface area contributed by atoms with Crippen molar-refractivity contribution in [2.75, 3.05) is 6.61 Å². The Morgan fingerprint density at radius 2 is 2.47 bits per heavy atom. The van der Waals surface area contributed by atoms with Crippen LogP contribution in [0.2, 0.25) is 0 Å². The maximum absolute atomic E-state index is 6.22. The van der Waals surface area contributed by atoms with Crippen molar-refractivity contribution >= 4 is 27.3 Å². The first-order valence-electron chi connectivity index (χ1n) is 6.96. The average Bonchev–Trinajstić information content (AvgIpc) is 2.77. The van der Waals surface area contributed by atoms with Crippen molar-refractivity contribution in [2.24, 2.45) is 11.8 Å². The molecule has 1 fully saturated rings. The zero-order valence-electron chi connectivity index (χ0n) is 11.6. The van der Waals surface area contributed by atoms with E-state index in [9.17, 15) is 0 Å². The fourth-order valence-corrected chi connectivity index (χ4v) is 5.05. The number of nitrogens with two attached hydrogens (primary N) is 1. The molecule has 1 aliphatic rings. The van der Waals surface area contributed by atoms with Crippen LogP contribution in [-0.2, 0) is 4.74 Å². The predicted octanol–water partition coefficient (Wildman–Crippen LogP) is 4.00. The molecule has 0 saturated heterocycles. The fraction of sp³-hybridized carbons (Fsp3) is 0.714. The second kappa shape index (κ2) is 6.68. The molecule has 3 atom stereocenters. The third-order valence-electron chi connectivity index (χ3n) is 4.02. The van der Waals surface area contributed by atoms with Gasteiger partial charge in [0, 0.05) is 16.0 Å². The van der Waals surface area contributed by atoms with Gasteiger partial charge in [-0.15, -0.1) is 11.3 Å². The molecule has 108 valence electrons. The standard InChI is InChI=1S/C14H23BrN2OS/c1-3-18-14(7-4-5-10(2)9-14)13(17-16)12-11(15)6-8-19-12/h6,8,10,13,17H,3-5,7,9,16H2,1-2H3. The number of nitrogens with one attached hydrogen (secondary N) is 1. The Labute approximate surface area is 128 Å². The molecule has 3 nitrogen and oxygen atoms in total. The maximum atomic E-state index is 6.22. The Hall–Kier alpha value is 0.0600. The summed E-state index contributed by atoms with van der Waals surface area (Å²) in [6.07, 6.45) is 4.64. The number of hydrazine groups is 1. The topological polar surface area (TPSA) is 47.3 Å². The van der Waals surface area contributed by atoms with Crippen molar-refractivity contribution in [3.05, 3.63) is 20.8 Å². The third-order valence-corrected chi connectivity index (χ3v) is 5.96. The smallest absolute Gasteiger partial charge is 0.0899 e. The fourth-order valence-electron chi connectivity index (χ4n) is 3.29. The lowest BCUT2D eigenvalue weighted by Crippen LogP contribution is -2.50. The number of hydrogen-bond acceptors (Lipinski definition) is 4. The molecule has 0 spiro atoms. The highest BCUT2D eigenvalue weighted by Gasteiger charge is 2.44. The molecule has 1 aromatic heterocycles. The van der Waals surface area contributed by atoms with Gasteiger partial charge in [0.15, 0.2) is 0 Å². The van der Waals surface area contributed by atoms with E-state index in [-0.39, 0.29) is 11.6 Å². The minimum Gasteiger partial charge on any atom is -0.373 e. The van der Waals surface area contributed by atoms with Gasteiger partial charge < -0.3 is 4.74 Å². The molecule has 0 amide bonds. The molecular weight excluding hydrogens is 324 g/mol. The van der Waals surface area contributed by atoms with Crippen LogP contribution in [0.25, 0.3) is 0 Å². The van der Waals surface area contributed by atoms with Gasteiger partial charge in [0.2, 0.25) is 0 Å². The molecule has 1 saturated carbocycles. The van der Waals surface area contributed by atoms with Gasteiger partial charge in [-0.2, -0.15) is 0 Å². The van der Waals surface area contributed by atoms with Crippen molar-refractivity contribution in [1.29, 1.82) is 0 Å². The molecule has 1 aliphatic carbocycles. The summed E-state index contributed by atoms with van der Waals surface area (Å²) in [6, 6.07) is 2.14. The Morgan fingerprint density at radius 1 is 1.68 bits per heavy atom. The molecular formula is C14H23BrN2OS. The van der Waals surface area contributed by atoms with Crippen molar-refractivity contribution in [3.63, 3.8) is 0 Å². The van der Waals surface area contributed by atoms with Crippen LogP contribution in [0, 0.1) is 5.92 Å². The van der Waals surface area contributed by atoms with Gasteiger partial charge in [0.25, 0.3) is 0 Å². The maximum Gasteiger partial charge on any atom is 0.0899 e. The number of hydrogen-bond donors (Lipinski definition) is 2. The van der Waals surface area contributed by atoms with Crippen LogP contribution in [0.5, 0.6) is 0 Å². The quantitative estimate of drug-likeness (QED) is 0.625. The molecule has 0 aromatic carbocycles. The summed E-state index contributed by atoms with van der Waals surface area (Å²) in [5.74, 6) is 6.57. The van der Waals surface area contributed by atoms with Gasteiger partial charge in [0.1, 0.15) is 0 Å². The molecule has 2 rings (SSSR count). The minimum atomic E-state index is -0.172. The normalized spacial score (nSPS) is 29.4. The summed E-state index contributed by atoms with van der Waals surface area (Å²) in [5.41, 5.74) is 2.84. The van der Waals surface area contributed by atoms with Crippen molar-refractivity contribution in [3.8, 4) is 0 Å². The summed E-state index contributed by atoms with van der Waals surface area (Å²) in [6.45, 7) is 5.11. The lowest BCUT2D eigenvalue weighted by Gasteiger charge is -2.44. The van der Waals surface area contributed by atoms with E-state index in [2.05, 4.69) is 46.6 Å². The van der Waals surface area contributed by atoms with Crippen LogP contribution in [0.1, 0.15) is 50.4 Å². The lowest BCUT2D eigenvalue weighted by molar-refractivity contribution is -0.101. The summed E-state index contributed by atoms with van der Waals surface area (Å²) in [4.78, 5) is 1.24. The SMILES string of the molecule is CCOC1(C(NN)c2sccc2Br)CCCC(C)C1. The monoisotopic (exact) mass is 346 g/mol. The molecule has 3 N–H and O–H groups in total. The first kappa shape index (κ1) is 15.4. The second-order valence-electron chi connectivity index (χ2n) is 5.43. The van der Waals surface area contributed by atoms with Gasteiger partial charge in [0.05, 0.1) is 11.6 Å². The van der Waals surface area contributed by atoms with Crippen LogP contribution in [-0.4, -0.2) is 12.2 Å². The Kier molecular flexibility index (Phi) is 5.43. The summed E-state index contributed by atoms with van der Waals surface area (Å²) in [5, 5.41) is 2.09. The highest BCUT2D eigenvalue weighted by atomic mass is 79.9. The van der Waals surface area contributed by atoms with Crippen molar-refractivity contribution in [1.82, 2.24) is 5.43 Å².